The van der Waals surface area contributed by atoms with E-state index in [1.54, 1.807) is 13.8 Å². The van der Waals surface area contributed by atoms with Crippen molar-refractivity contribution in [3.8, 4) is 12.3 Å². The molecule has 1 aromatic heterocycles. The van der Waals surface area contributed by atoms with Gasteiger partial charge in [0.05, 0.1) is 6.61 Å². The Labute approximate surface area is 125 Å². The van der Waals surface area contributed by atoms with Gasteiger partial charge in [-0.05, 0) is 13.8 Å². The van der Waals surface area contributed by atoms with E-state index in [1.165, 1.54) is 16.8 Å². The molecule has 2 aliphatic rings. The fourth-order valence-electron chi connectivity index (χ4n) is 2.84. The summed E-state index contributed by atoms with van der Waals surface area (Å²) in [6.07, 6.45) is 4.46. The molecule has 4 atom stereocenters. The van der Waals surface area contributed by atoms with Crippen LogP contribution in [0.5, 0.6) is 0 Å². The standard InChI is InChI=1S/C14H16N2O6/c1-4-14(7-17)10-9(20-13(2,3)21-10)11(22-14)16-6-5-8(18)15-12(16)19/h1,5-6,9-11,17H,7H2,2-3H3,(H,15,18,19)/t9-,10+,11-,14-/m1/s1. The van der Waals surface area contributed by atoms with Crippen LogP contribution in [0.4, 0.5) is 0 Å². The second-order valence-corrected chi connectivity index (χ2v) is 5.74. The number of hydrogen-bond donors (Lipinski definition) is 2. The molecule has 3 heterocycles. The number of nitrogens with zero attached hydrogens (tertiary/aromatic N) is 1. The van der Waals surface area contributed by atoms with Crippen molar-refractivity contribution < 1.29 is 19.3 Å². The average Bonchev–Trinajstić information content (AvgIpc) is 2.91. The van der Waals surface area contributed by atoms with E-state index in [2.05, 4.69) is 10.9 Å². The molecule has 2 aliphatic heterocycles. The van der Waals surface area contributed by atoms with E-state index in [-0.39, 0.29) is 0 Å². The molecular formula is C14H16N2O6. The van der Waals surface area contributed by atoms with E-state index in [0.29, 0.717) is 0 Å². The number of fused-ring (bicyclic) bond motifs is 1. The maximum atomic E-state index is 12.0. The number of aromatic amines is 1. The van der Waals surface area contributed by atoms with E-state index in [9.17, 15) is 14.7 Å². The molecule has 8 heteroatoms. The molecule has 0 aliphatic carbocycles. The lowest BCUT2D eigenvalue weighted by molar-refractivity contribution is -0.214. The van der Waals surface area contributed by atoms with Gasteiger partial charge in [-0.3, -0.25) is 14.3 Å². The van der Waals surface area contributed by atoms with Gasteiger partial charge in [-0.25, -0.2) is 4.79 Å². The molecular weight excluding hydrogens is 292 g/mol. The van der Waals surface area contributed by atoms with Crippen LogP contribution >= 0.6 is 0 Å². The van der Waals surface area contributed by atoms with Crippen molar-refractivity contribution in [3.05, 3.63) is 33.1 Å². The minimum atomic E-state index is -1.42. The molecule has 0 saturated carbocycles. The summed E-state index contributed by atoms with van der Waals surface area (Å²) in [7, 11) is 0. The van der Waals surface area contributed by atoms with Gasteiger partial charge >= 0.3 is 5.69 Å². The summed E-state index contributed by atoms with van der Waals surface area (Å²) in [5, 5.41) is 9.66. The highest BCUT2D eigenvalue weighted by Gasteiger charge is 2.63. The average molecular weight is 308 g/mol. The van der Waals surface area contributed by atoms with E-state index < -0.39 is 47.7 Å². The minimum absolute atomic E-state index is 0.487. The fraction of sp³-hybridized carbons (Fsp3) is 0.571. The Kier molecular flexibility index (Phi) is 3.27. The molecule has 0 bridgehead atoms. The lowest BCUT2D eigenvalue weighted by Crippen LogP contribution is -2.45. The second kappa shape index (κ2) is 4.79. The first-order valence-corrected chi connectivity index (χ1v) is 6.75. The monoisotopic (exact) mass is 308 g/mol. The summed E-state index contributed by atoms with van der Waals surface area (Å²) in [5.41, 5.74) is -2.60. The van der Waals surface area contributed by atoms with Gasteiger partial charge in [-0.1, -0.05) is 5.92 Å². The lowest BCUT2D eigenvalue weighted by atomic mass is 9.97. The van der Waals surface area contributed by atoms with Crippen molar-refractivity contribution in [1.82, 2.24) is 9.55 Å². The summed E-state index contributed by atoms with van der Waals surface area (Å²) < 4.78 is 18.4. The third kappa shape index (κ3) is 2.10. The first-order valence-electron chi connectivity index (χ1n) is 6.75. The number of aliphatic hydroxyl groups excluding tert-OH is 1. The van der Waals surface area contributed by atoms with Gasteiger partial charge in [-0.15, -0.1) is 6.42 Å². The number of aliphatic hydroxyl groups is 1. The SMILES string of the molecule is C#C[C@]1(CO)O[C@@H](n2ccc(=O)[nH]c2=O)[C@@H]2OC(C)(C)O[C@@H]21. The molecule has 2 N–H and O–H groups in total. The first-order chi connectivity index (χ1) is 10.3. The molecule has 0 unspecified atom stereocenters. The molecule has 2 fully saturated rings. The lowest BCUT2D eigenvalue weighted by Gasteiger charge is -2.29. The van der Waals surface area contributed by atoms with Gasteiger partial charge < -0.3 is 19.3 Å². The van der Waals surface area contributed by atoms with Crippen molar-refractivity contribution in [1.29, 1.82) is 0 Å². The van der Waals surface area contributed by atoms with E-state index in [4.69, 9.17) is 20.6 Å². The van der Waals surface area contributed by atoms with Gasteiger partial charge in [0, 0.05) is 12.3 Å². The highest BCUT2D eigenvalue weighted by molar-refractivity contribution is 5.20. The summed E-state index contributed by atoms with van der Waals surface area (Å²) >= 11 is 0. The summed E-state index contributed by atoms with van der Waals surface area (Å²) in [6, 6.07) is 1.19. The molecule has 2 saturated heterocycles. The fourth-order valence-corrected chi connectivity index (χ4v) is 2.84. The molecule has 1 aromatic rings. The predicted octanol–water partition coefficient (Wildman–Crippen LogP) is -1.05. The molecule has 0 radical (unpaired) electrons. The van der Waals surface area contributed by atoms with Crippen LogP contribution in [0.1, 0.15) is 20.1 Å². The van der Waals surface area contributed by atoms with Crippen LogP contribution in [-0.2, 0) is 14.2 Å². The molecule has 8 nitrogen and oxygen atoms in total. The van der Waals surface area contributed by atoms with Gasteiger partial charge in [0.1, 0.15) is 12.2 Å². The number of ether oxygens (including phenoxy) is 3. The number of rotatable bonds is 2. The van der Waals surface area contributed by atoms with Crippen LogP contribution in [0, 0.1) is 12.3 Å². The number of H-pyrrole nitrogens is 1. The van der Waals surface area contributed by atoms with Crippen molar-refractivity contribution in [2.24, 2.45) is 0 Å². The Morgan fingerprint density at radius 3 is 2.73 bits per heavy atom. The first kappa shape index (κ1) is 15.0. The van der Waals surface area contributed by atoms with Crippen LogP contribution in [0.2, 0.25) is 0 Å². The Hall–Kier alpha value is -1.92. The quantitative estimate of drug-likeness (QED) is 0.676. The normalized spacial score (nSPS) is 36.0. The zero-order valence-electron chi connectivity index (χ0n) is 12.1. The minimum Gasteiger partial charge on any atom is -0.392 e. The number of hydrogen-bond acceptors (Lipinski definition) is 6. The molecule has 3 rings (SSSR count). The van der Waals surface area contributed by atoms with Crippen LogP contribution < -0.4 is 11.2 Å². The van der Waals surface area contributed by atoms with Gasteiger partial charge in [-0.2, -0.15) is 0 Å². The highest BCUT2D eigenvalue weighted by Crippen LogP contribution is 2.47. The maximum Gasteiger partial charge on any atom is 0.330 e. The molecule has 0 aromatic carbocycles. The van der Waals surface area contributed by atoms with Crippen LogP contribution in [0.25, 0.3) is 0 Å². The van der Waals surface area contributed by atoms with Crippen LogP contribution in [-0.4, -0.2) is 44.9 Å². The van der Waals surface area contributed by atoms with Crippen molar-refractivity contribution in [2.75, 3.05) is 6.61 Å². The Bertz CT molecular complexity index is 745. The van der Waals surface area contributed by atoms with Gasteiger partial charge in [0.15, 0.2) is 17.6 Å². The summed E-state index contributed by atoms with van der Waals surface area (Å²) in [5.74, 6) is 1.47. The number of aromatic nitrogens is 2. The predicted molar refractivity (Wildman–Crippen MR) is 73.9 cm³/mol. The Morgan fingerprint density at radius 2 is 2.14 bits per heavy atom. The summed E-state index contributed by atoms with van der Waals surface area (Å²) in [4.78, 5) is 25.3. The van der Waals surface area contributed by atoms with Crippen molar-refractivity contribution >= 4 is 0 Å². The zero-order chi connectivity index (χ0) is 16.1. The van der Waals surface area contributed by atoms with Crippen LogP contribution in [0.3, 0.4) is 0 Å². The highest BCUT2D eigenvalue weighted by atomic mass is 16.8. The zero-order valence-corrected chi connectivity index (χ0v) is 12.1. The summed E-state index contributed by atoms with van der Waals surface area (Å²) in [6.45, 7) is 2.92. The van der Waals surface area contributed by atoms with Crippen molar-refractivity contribution in [2.45, 2.75) is 43.7 Å². The van der Waals surface area contributed by atoms with Gasteiger partial charge in [0.25, 0.3) is 5.56 Å². The Morgan fingerprint density at radius 1 is 1.41 bits per heavy atom. The largest absolute Gasteiger partial charge is 0.392 e. The molecule has 0 spiro atoms. The molecule has 0 amide bonds. The van der Waals surface area contributed by atoms with Crippen molar-refractivity contribution in [3.63, 3.8) is 0 Å². The Balaban J connectivity index is 2.08. The second-order valence-electron chi connectivity index (χ2n) is 5.74. The maximum absolute atomic E-state index is 12.0. The molecule has 22 heavy (non-hydrogen) atoms. The third-order valence-electron chi connectivity index (χ3n) is 3.81. The van der Waals surface area contributed by atoms with Gasteiger partial charge in [0.2, 0.25) is 0 Å². The van der Waals surface area contributed by atoms with E-state index >= 15 is 0 Å². The topological polar surface area (TPSA) is 103 Å². The smallest absolute Gasteiger partial charge is 0.330 e. The van der Waals surface area contributed by atoms with E-state index in [1.807, 2.05) is 0 Å². The number of terminal acetylenes is 1. The molecule has 118 valence electrons. The third-order valence-corrected chi connectivity index (χ3v) is 3.81. The van der Waals surface area contributed by atoms with E-state index in [0.717, 1.165) is 0 Å². The van der Waals surface area contributed by atoms with Crippen LogP contribution in [0.15, 0.2) is 21.9 Å². The number of nitrogens with one attached hydrogen (secondary N) is 1.